The molecule has 0 aromatic heterocycles. The number of hydrogen-bond acceptors (Lipinski definition) is 4. The van der Waals surface area contributed by atoms with Gasteiger partial charge in [0, 0.05) is 23.0 Å². The number of benzene rings is 2. The lowest BCUT2D eigenvalue weighted by Gasteiger charge is -2.25. The Morgan fingerprint density at radius 2 is 2.03 bits per heavy atom. The summed E-state index contributed by atoms with van der Waals surface area (Å²) in [5.41, 5.74) is 4.20. The Hall–Kier alpha value is -2.75. The number of para-hydroxylation sites is 1. The van der Waals surface area contributed by atoms with Gasteiger partial charge < -0.3 is 10.6 Å². The monoisotopic (exact) mass is 439 g/mol. The van der Waals surface area contributed by atoms with Crippen molar-refractivity contribution < 1.29 is 9.59 Å². The van der Waals surface area contributed by atoms with Crippen LogP contribution < -0.4 is 10.6 Å². The van der Waals surface area contributed by atoms with Gasteiger partial charge in [-0.2, -0.15) is 5.26 Å². The van der Waals surface area contributed by atoms with Crippen molar-refractivity contribution >= 4 is 40.9 Å². The Kier molecular flexibility index (Phi) is 7.20. The molecule has 2 aromatic rings. The van der Waals surface area contributed by atoms with E-state index in [1.807, 2.05) is 44.2 Å². The average Bonchev–Trinajstić information content (AvgIpc) is 2.73. The molecule has 1 atom stereocenters. The van der Waals surface area contributed by atoms with Crippen LogP contribution in [0.4, 0.5) is 5.69 Å². The van der Waals surface area contributed by atoms with Gasteiger partial charge in [-0.1, -0.05) is 60.6 Å². The summed E-state index contributed by atoms with van der Waals surface area (Å²) in [4.78, 5) is 24.8. The van der Waals surface area contributed by atoms with Crippen LogP contribution in [0, 0.1) is 18.3 Å². The number of hydrogen-bond donors (Lipinski definition) is 2. The molecule has 0 saturated heterocycles. The van der Waals surface area contributed by atoms with E-state index in [2.05, 4.69) is 16.7 Å². The molecule has 154 valence electrons. The van der Waals surface area contributed by atoms with Crippen molar-refractivity contribution in [1.29, 1.82) is 5.26 Å². The Morgan fingerprint density at radius 3 is 2.70 bits per heavy atom. The highest BCUT2D eigenvalue weighted by molar-refractivity contribution is 8.03. The van der Waals surface area contributed by atoms with Crippen LogP contribution in [0.2, 0.25) is 5.02 Å². The maximum Gasteiger partial charge on any atom is 0.234 e. The molecule has 0 spiro atoms. The third-order valence-electron chi connectivity index (χ3n) is 4.98. The number of anilines is 1. The van der Waals surface area contributed by atoms with Crippen molar-refractivity contribution in [3.05, 3.63) is 74.8 Å². The van der Waals surface area contributed by atoms with E-state index in [0.29, 0.717) is 15.6 Å². The predicted octanol–water partition coefficient (Wildman–Crippen LogP) is 4.92. The Labute approximate surface area is 185 Å². The second-order valence-corrected chi connectivity index (χ2v) is 8.43. The van der Waals surface area contributed by atoms with Crippen LogP contribution >= 0.6 is 23.4 Å². The van der Waals surface area contributed by atoms with Gasteiger partial charge in [-0.3, -0.25) is 9.59 Å². The second-order valence-electron chi connectivity index (χ2n) is 7.01. The number of carbonyl (C=O) groups is 2. The molecule has 2 amide bonds. The van der Waals surface area contributed by atoms with Gasteiger partial charge in [0.1, 0.15) is 0 Å². The maximum absolute atomic E-state index is 12.6. The zero-order valence-electron chi connectivity index (χ0n) is 16.8. The van der Waals surface area contributed by atoms with E-state index in [9.17, 15) is 14.9 Å². The first-order valence-corrected chi connectivity index (χ1v) is 11.0. The highest BCUT2D eigenvalue weighted by atomic mass is 35.5. The van der Waals surface area contributed by atoms with Gasteiger partial charge >= 0.3 is 0 Å². The number of allylic oxidation sites excluding steroid dienone is 1. The first-order chi connectivity index (χ1) is 14.4. The van der Waals surface area contributed by atoms with Crippen LogP contribution in [0.15, 0.2) is 53.1 Å². The first kappa shape index (κ1) is 21.9. The van der Waals surface area contributed by atoms with Crippen LogP contribution in [0.5, 0.6) is 0 Å². The molecular weight excluding hydrogens is 418 g/mol. The quantitative estimate of drug-likeness (QED) is 0.669. The van der Waals surface area contributed by atoms with E-state index in [-0.39, 0.29) is 29.9 Å². The molecule has 0 radical (unpaired) electrons. The molecule has 0 fully saturated rings. The number of nitrogens with one attached hydrogen (secondary N) is 2. The van der Waals surface area contributed by atoms with E-state index in [1.165, 1.54) is 11.8 Å². The van der Waals surface area contributed by atoms with Crippen LogP contribution in [0.3, 0.4) is 0 Å². The number of thioether (sulfide) groups is 1. The number of halogens is 1. The van der Waals surface area contributed by atoms with Crippen molar-refractivity contribution in [2.75, 3.05) is 11.1 Å². The van der Waals surface area contributed by atoms with E-state index < -0.39 is 0 Å². The molecule has 1 heterocycles. The summed E-state index contributed by atoms with van der Waals surface area (Å²) in [6.07, 6.45) is 0.997. The molecule has 0 aliphatic carbocycles. The Balaban J connectivity index is 1.77. The number of aryl methyl sites for hydroxylation is 2. The van der Waals surface area contributed by atoms with Gasteiger partial charge in [-0.25, -0.2) is 0 Å². The van der Waals surface area contributed by atoms with Gasteiger partial charge in [0.2, 0.25) is 11.8 Å². The molecule has 1 aliphatic rings. The third kappa shape index (κ3) is 5.05. The SMILES string of the molecule is CCc1cccc(C)c1NC(=O)CSC1=C(C#N)[C@H](c2ccc(Cl)cc2)CC(=O)N1. The average molecular weight is 440 g/mol. The summed E-state index contributed by atoms with van der Waals surface area (Å²) in [6.45, 7) is 3.99. The minimum absolute atomic E-state index is 0.0889. The molecule has 2 aromatic carbocycles. The van der Waals surface area contributed by atoms with Crippen molar-refractivity contribution in [2.24, 2.45) is 0 Å². The van der Waals surface area contributed by atoms with Crippen molar-refractivity contribution in [3.63, 3.8) is 0 Å². The van der Waals surface area contributed by atoms with Gasteiger partial charge in [0.25, 0.3) is 0 Å². The molecule has 2 N–H and O–H groups in total. The Morgan fingerprint density at radius 1 is 1.30 bits per heavy atom. The fraction of sp³-hybridized carbons (Fsp3) is 0.261. The molecule has 30 heavy (non-hydrogen) atoms. The lowest BCUT2D eigenvalue weighted by Crippen LogP contribution is -2.31. The largest absolute Gasteiger partial charge is 0.325 e. The summed E-state index contributed by atoms with van der Waals surface area (Å²) >= 11 is 7.13. The smallest absolute Gasteiger partial charge is 0.234 e. The molecule has 0 saturated carbocycles. The standard InChI is InChI=1S/C23H22ClN3O2S/c1-3-15-6-4-5-14(2)22(15)26-21(29)13-30-23-19(12-25)18(11-20(28)27-23)16-7-9-17(24)10-8-16/h4-10,18H,3,11,13H2,1-2H3,(H,26,29)(H,27,28)/t18-/m0/s1. The fourth-order valence-electron chi connectivity index (χ4n) is 3.43. The molecule has 5 nitrogen and oxygen atoms in total. The normalized spacial score (nSPS) is 16.1. The topological polar surface area (TPSA) is 82.0 Å². The highest BCUT2D eigenvalue weighted by Crippen LogP contribution is 2.36. The fourth-order valence-corrected chi connectivity index (χ4v) is 4.43. The molecule has 7 heteroatoms. The summed E-state index contributed by atoms with van der Waals surface area (Å²) in [5, 5.41) is 16.5. The minimum Gasteiger partial charge on any atom is -0.325 e. The number of carbonyl (C=O) groups excluding carboxylic acids is 2. The van der Waals surface area contributed by atoms with Crippen LogP contribution in [0.1, 0.15) is 36.0 Å². The van der Waals surface area contributed by atoms with Crippen molar-refractivity contribution in [1.82, 2.24) is 5.32 Å². The van der Waals surface area contributed by atoms with E-state index in [4.69, 9.17) is 11.6 Å². The van der Waals surface area contributed by atoms with Gasteiger partial charge in [-0.15, -0.1) is 0 Å². The minimum atomic E-state index is -0.352. The van der Waals surface area contributed by atoms with E-state index >= 15 is 0 Å². The third-order valence-corrected chi connectivity index (χ3v) is 6.25. The summed E-state index contributed by atoms with van der Waals surface area (Å²) in [5.74, 6) is -0.624. The Bertz CT molecular complexity index is 1040. The molecule has 0 unspecified atom stereocenters. The zero-order valence-corrected chi connectivity index (χ0v) is 18.4. The second kappa shape index (κ2) is 9.84. The number of amides is 2. The number of rotatable bonds is 6. The first-order valence-electron chi connectivity index (χ1n) is 9.63. The van der Waals surface area contributed by atoms with Crippen molar-refractivity contribution in [3.8, 4) is 6.07 Å². The molecule has 1 aliphatic heterocycles. The van der Waals surface area contributed by atoms with Gasteiger partial charge in [-0.05, 0) is 42.2 Å². The summed E-state index contributed by atoms with van der Waals surface area (Å²) in [7, 11) is 0. The van der Waals surface area contributed by atoms with Crippen molar-refractivity contribution in [2.45, 2.75) is 32.6 Å². The summed E-state index contributed by atoms with van der Waals surface area (Å²) < 4.78 is 0. The van der Waals surface area contributed by atoms with Crippen LogP contribution in [0.25, 0.3) is 0 Å². The lowest BCUT2D eigenvalue weighted by atomic mass is 9.87. The van der Waals surface area contributed by atoms with Crippen LogP contribution in [-0.4, -0.2) is 17.6 Å². The molecule has 3 rings (SSSR count). The number of nitrogens with zero attached hydrogens (tertiary/aromatic N) is 1. The lowest BCUT2D eigenvalue weighted by molar-refractivity contribution is -0.121. The maximum atomic E-state index is 12.6. The molecule has 0 bridgehead atoms. The number of nitriles is 1. The predicted molar refractivity (Wildman–Crippen MR) is 121 cm³/mol. The van der Waals surface area contributed by atoms with Crippen LogP contribution in [-0.2, 0) is 16.0 Å². The highest BCUT2D eigenvalue weighted by Gasteiger charge is 2.29. The molecular formula is C23H22ClN3O2S. The zero-order chi connectivity index (χ0) is 21.7. The summed E-state index contributed by atoms with van der Waals surface area (Å²) in [6, 6.07) is 15.3. The van der Waals surface area contributed by atoms with E-state index in [0.717, 1.165) is 28.8 Å². The van der Waals surface area contributed by atoms with Gasteiger partial charge in [0.15, 0.2) is 0 Å². The van der Waals surface area contributed by atoms with E-state index in [1.54, 1.807) is 12.1 Å². The van der Waals surface area contributed by atoms with Gasteiger partial charge in [0.05, 0.1) is 22.4 Å².